The zero-order valence-corrected chi connectivity index (χ0v) is 8.45. The molecular weight excluding hydrogens is 144 g/mol. The number of hydrogen-bond acceptors (Lipinski definition) is 0. The number of rotatable bonds is 4. The molecule has 0 saturated carbocycles. The summed E-state index contributed by atoms with van der Waals surface area (Å²) in [5.41, 5.74) is 4.75. The lowest BCUT2D eigenvalue weighted by atomic mass is 10.0. The number of allylic oxidation sites excluding steroid dienone is 3. The Balaban J connectivity index is 2.56. The average molecular weight is 164 g/mol. The van der Waals surface area contributed by atoms with E-state index in [0.717, 1.165) is 6.42 Å². The van der Waals surface area contributed by atoms with Crippen molar-refractivity contribution in [3.8, 4) is 0 Å². The van der Waals surface area contributed by atoms with Crippen molar-refractivity contribution in [2.75, 3.05) is 0 Å². The van der Waals surface area contributed by atoms with Crippen LogP contribution in [0, 0.1) is 0 Å². The molecule has 0 heterocycles. The normalized spacial score (nSPS) is 17.2. The first-order valence-corrected chi connectivity index (χ1v) is 5.08. The quantitative estimate of drug-likeness (QED) is 0.545. The summed E-state index contributed by atoms with van der Waals surface area (Å²) in [5.74, 6) is 0. The summed E-state index contributed by atoms with van der Waals surface area (Å²) in [4.78, 5) is 0. The summed E-state index contributed by atoms with van der Waals surface area (Å²) in [7, 11) is 0. The van der Waals surface area contributed by atoms with Gasteiger partial charge >= 0.3 is 0 Å². The fourth-order valence-electron chi connectivity index (χ4n) is 2.05. The van der Waals surface area contributed by atoms with Gasteiger partial charge in [-0.2, -0.15) is 0 Å². The Morgan fingerprint density at radius 1 is 1.33 bits per heavy atom. The van der Waals surface area contributed by atoms with Gasteiger partial charge in [-0.1, -0.05) is 36.6 Å². The molecule has 68 valence electrons. The minimum absolute atomic E-state index is 1.16. The molecule has 1 aliphatic carbocycles. The standard InChI is InChI=1S/C12H20/c1-4-6-11-7-5-8-12(11)9-10(2)3/h2,4-9H2,1,3H3. The van der Waals surface area contributed by atoms with Crippen molar-refractivity contribution >= 4 is 0 Å². The van der Waals surface area contributed by atoms with E-state index >= 15 is 0 Å². The average Bonchev–Trinajstić information content (AvgIpc) is 2.37. The summed E-state index contributed by atoms with van der Waals surface area (Å²) < 4.78 is 0. The van der Waals surface area contributed by atoms with Gasteiger partial charge in [0.2, 0.25) is 0 Å². The van der Waals surface area contributed by atoms with E-state index in [1.165, 1.54) is 37.7 Å². The van der Waals surface area contributed by atoms with Crippen LogP contribution in [0.4, 0.5) is 0 Å². The minimum Gasteiger partial charge on any atom is -0.0998 e. The maximum absolute atomic E-state index is 3.98. The zero-order valence-electron chi connectivity index (χ0n) is 8.45. The molecule has 0 aromatic rings. The predicted octanol–water partition coefficient (Wildman–Crippen LogP) is 4.23. The highest BCUT2D eigenvalue weighted by atomic mass is 14.2. The first kappa shape index (κ1) is 9.57. The van der Waals surface area contributed by atoms with Gasteiger partial charge in [-0.15, -0.1) is 0 Å². The van der Waals surface area contributed by atoms with Crippen LogP contribution in [0.5, 0.6) is 0 Å². The van der Waals surface area contributed by atoms with Crippen molar-refractivity contribution in [2.45, 2.75) is 52.4 Å². The molecule has 0 bridgehead atoms. The second kappa shape index (κ2) is 4.49. The molecule has 0 spiro atoms. The summed E-state index contributed by atoms with van der Waals surface area (Å²) in [6.07, 6.45) is 7.86. The highest BCUT2D eigenvalue weighted by Gasteiger charge is 2.12. The van der Waals surface area contributed by atoms with Crippen molar-refractivity contribution in [3.63, 3.8) is 0 Å². The molecule has 0 atom stereocenters. The third-order valence-electron chi connectivity index (χ3n) is 2.52. The Hall–Kier alpha value is -0.520. The Kier molecular flexibility index (Phi) is 3.58. The Labute approximate surface area is 76.4 Å². The highest BCUT2D eigenvalue weighted by Crippen LogP contribution is 2.32. The lowest BCUT2D eigenvalue weighted by Crippen LogP contribution is -1.85. The van der Waals surface area contributed by atoms with Gasteiger partial charge < -0.3 is 0 Å². The smallest absolute Gasteiger partial charge is 0.0111 e. The number of hydrogen-bond donors (Lipinski definition) is 0. The van der Waals surface area contributed by atoms with Crippen LogP contribution >= 0.6 is 0 Å². The molecule has 0 aliphatic heterocycles. The van der Waals surface area contributed by atoms with Gasteiger partial charge in [-0.3, -0.25) is 0 Å². The maximum atomic E-state index is 3.98. The first-order valence-electron chi connectivity index (χ1n) is 5.08. The van der Waals surface area contributed by atoms with E-state index in [2.05, 4.69) is 20.4 Å². The zero-order chi connectivity index (χ0) is 8.97. The molecule has 0 aromatic heterocycles. The Bertz CT molecular complexity index is 196. The van der Waals surface area contributed by atoms with Gasteiger partial charge in [-0.25, -0.2) is 0 Å². The van der Waals surface area contributed by atoms with Crippen LogP contribution < -0.4 is 0 Å². The maximum Gasteiger partial charge on any atom is -0.0111 e. The topological polar surface area (TPSA) is 0 Å². The molecule has 0 unspecified atom stereocenters. The monoisotopic (exact) mass is 164 g/mol. The molecule has 0 aromatic carbocycles. The van der Waals surface area contributed by atoms with Crippen LogP contribution in [-0.4, -0.2) is 0 Å². The van der Waals surface area contributed by atoms with Crippen molar-refractivity contribution in [1.82, 2.24) is 0 Å². The fraction of sp³-hybridized carbons (Fsp3) is 0.667. The minimum atomic E-state index is 1.16. The lowest BCUT2D eigenvalue weighted by molar-refractivity contribution is 0.830. The van der Waals surface area contributed by atoms with Gasteiger partial charge in [0.05, 0.1) is 0 Å². The SMILES string of the molecule is C=C(C)CC1=C(CCC)CCC1. The van der Waals surface area contributed by atoms with Crippen molar-refractivity contribution in [1.29, 1.82) is 0 Å². The third-order valence-corrected chi connectivity index (χ3v) is 2.52. The molecule has 0 heteroatoms. The van der Waals surface area contributed by atoms with Gasteiger partial charge in [0.25, 0.3) is 0 Å². The van der Waals surface area contributed by atoms with E-state index in [4.69, 9.17) is 0 Å². The van der Waals surface area contributed by atoms with E-state index in [-0.39, 0.29) is 0 Å². The van der Waals surface area contributed by atoms with E-state index in [9.17, 15) is 0 Å². The van der Waals surface area contributed by atoms with Crippen LogP contribution in [-0.2, 0) is 0 Å². The van der Waals surface area contributed by atoms with Gasteiger partial charge in [0.15, 0.2) is 0 Å². The lowest BCUT2D eigenvalue weighted by Gasteiger charge is -2.05. The molecule has 0 amide bonds. The van der Waals surface area contributed by atoms with Crippen LogP contribution in [0.25, 0.3) is 0 Å². The summed E-state index contributed by atoms with van der Waals surface area (Å²) in [6.45, 7) is 8.38. The largest absolute Gasteiger partial charge is 0.0998 e. The molecule has 0 radical (unpaired) electrons. The molecule has 1 aliphatic rings. The van der Waals surface area contributed by atoms with E-state index in [1.807, 2.05) is 0 Å². The fourth-order valence-corrected chi connectivity index (χ4v) is 2.05. The van der Waals surface area contributed by atoms with Crippen LogP contribution in [0.3, 0.4) is 0 Å². The van der Waals surface area contributed by atoms with Gasteiger partial charge in [0, 0.05) is 0 Å². The van der Waals surface area contributed by atoms with Crippen LogP contribution in [0.1, 0.15) is 52.4 Å². The summed E-state index contributed by atoms with van der Waals surface area (Å²) >= 11 is 0. The van der Waals surface area contributed by atoms with Crippen LogP contribution in [0.15, 0.2) is 23.3 Å². The molecule has 12 heavy (non-hydrogen) atoms. The molecule has 0 saturated heterocycles. The van der Waals surface area contributed by atoms with Gasteiger partial charge in [0.1, 0.15) is 0 Å². The van der Waals surface area contributed by atoms with Crippen molar-refractivity contribution < 1.29 is 0 Å². The summed E-state index contributed by atoms with van der Waals surface area (Å²) in [5, 5.41) is 0. The Morgan fingerprint density at radius 3 is 2.58 bits per heavy atom. The molecular formula is C12H20. The third kappa shape index (κ3) is 2.51. The first-order chi connectivity index (χ1) is 5.74. The molecule has 0 fully saturated rings. The predicted molar refractivity (Wildman–Crippen MR) is 55.2 cm³/mol. The van der Waals surface area contributed by atoms with Crippen molar-refractivity contribution in [3.05, 3.63) is 23.3 Å². The van der Waals surface area contributed by atoms with Crippen molar-refractivity contribution in [2.24, 2.45) is 0 Å². The molecule has 1 rings (SSSR count). The summed E-state index contributed by atoms with van der Waals surface area (Å²) in [6, 6.07) is 0. The van der Waals surface area contributed by atoms with Crippen LogP contribution in [0.2, 0.25) is 0 Å². The van der Waals surface area contributed by atoms with E-state index < -0.39 is 0 Å². The second-order valence-electron chi connectivity index (χ2n) is 3.94. The molecule has 0 nitrogen and oxygen atoms in total. The molecule has 0 N–H and O–H groups in total. The second-order valence-corrected chi connectivity index (χ2v) is 3.94. The van der Waals surface area contributed by atoms with Gasteiger partial charge in [-0.05, 0) is 39.0 Å². The van der Waals surface area contributed by atoms with E-state index in [1.54, 1.807) is 11.1 Å². The highest BCUT2D eigenvalue weighted by molar-refractivity contribution is 5.23. The van der Waals surface area contributed by atoms with E-state index in [0.29, 0.717) is 0 Å². The Morgan fingerprint density at radius 2 is 2.00 bits per heavy atom.